The predicted molar refractivity (Wildman–Crippen MR) is 111 cm³/mol. The molecule has 0 radical (unpaired) electrons. The van der Waals surface area contributed by atoms with Crippen LogP contribution in [0.15, 0.2) is 42.7 Å². The minimum absolute atomic E-state index is 0.233. The highest BCUT2D eigenvalue weighted by molar-refractivity contribution is 5.43. The summed E-state index contributed by atoms with van der Waals surface area (Å²) in [7, 11) is 1.63. The van der Waals surface area contributed by atoms with E-state index in [-0.39, 0.29) is 6.61 Å². The van der Waals surface area contributed by atoms with Crippen LogP contribution in [0.5, 0.6) is 11.5 Å². The lowest BCUT2D eigenvalue weighted by atomic mass is 10.1. The zero-order valence-corrected chi connectivity index (χ0v) is 17.0. The Kier molecular flexibility index (Phi) is 8.70. The molecule has 0 saturated carbocycles. The van der Waals surface area contributed by atoms with E-state index in [1.165, 1.54) is 5.56 Å². The van der Waals surface area contributed by atoms with E-state index in [1.54, 1.807) is 7.11 Å². The fourth-order valence-corrected chi connectivity index (χ4v) is 3.28. The maximum Gasteiger partial charge on any atom is 0.161 e. The van der Waals surface area contributed by atoms with Crippen molar-refractivity contribution in [1.82, 2.24) is 15.2 Å². The van der Waals surface area contributed by atoms with Gasteiger partial charge in [-0.15, -0.1) is 0 Å². The summed E-state index contributed by atoms with van der Waals surface area (Å²) < 4.78 is 16.6. The van der Waals surface area contributed by atoms with E-state index >= 15 is 0 Å². The molecule has 7 nitrogen and oxygen atoms in total. The molecule has 29 heavy (non-hydrogen) atoms. The van der Waals surface area contributed by atoms with Crippen LogP contribution in [0.25, 0.3) is 0 Å². The van der Waals surface area contributed by atoms with Crippen LogP contribution < -0.4 is 14.8 Å². The van der Waals surface area contributed by atoms with E-state index in [0.717, 1.165) is 51.4 Å². The van der Waals surface area contributed by atoms with Gasteiger partial charge in [-0.05, 0) is 48.4 Å². The average molecular weight is 402 g/mol. The summed E-state index contributed by atoms with van der Waals surface area (Å²) in [6.07, 6.45) is 4.04. The first-order chi connectivity index (χ1) is 14.2. The Morgan fingerprint density at radius 1 is 1.14 bits per heavy atom. The minimum atomic E-state index is -0.549. The van der Waals surface area contributed by atoms with Crippen molar-refractivity contribution in [2.24, 2.45) is 0 Å². The number of aliphatic hydroxyl groups is 1. The molecule has 1 aromatic heterocycles. The van der Waals surface area contributed by atoms with Crippen LogP contribution in [0.1, 0.15) is 11.1 Å². The highest BCUT2D eigenvalue weighted by Crippen LogP contribution is 2.28. The fourth-order valence-electron chi connectivity index (χ4n) is 3.28. The number of hydrogen-bond donors (Lipinski definition) is 2. The van der Waals surface area contributed by atoms with Gasteiger partial charge >= 0.3 is 0 Å². The van der Waals surface area contributed by atoms with Gasteiger partial charge < -0.3 is 24.6 Å². The second kappa shape index (κ2) is 11.7. The third-order valence-corrected chi connectivity index (χ3v) is 4.90. The number of morpholine rings is 1. The molecule has 0 aliphatic carbocycles. The summed E-state index contributed by atoms with van der Waals surface area (Å²) in [5.74, 6) is 1.33. The summed E-state index contributed by atoms with van der Waals surface area (Å²) in [6, 6.07) is 9.96. The van der Waals surface area contributed by atoms with Crippen molar-refractivity contribution in [1.29, 1.82) is 0 Å². The van der Waals surface area contributed by atoms with Crippen LogP contribution in [0.2, 0.25) is 0 Å². The molecule has 1 aliphatic rings. The predicted octanol–water partition coefficient (Wildman–Crippen LogP) is 1.49. The number of benzene rings is 1. The molecule has 2 heterocycles. The number of nitrogens with one attached hydrogen (secondary N) is 1. The van der Waals surface area contributed by atoms with E-state index in [2.05, 4.69) is 15.2 Å². The normalized spacial score (nSPS) is 15.8. The molecule has 0 bridgehead atoms. The lowest BCUT2D eigenvalue weighted by molar-refractivity contribution is 0.00445. The molecule has 2 aromatic rings. The van der Waals surface area contributed by atoms with Crippen molar-refractivity contribution in [3.05, 3.63) is 53.9 Å². The molecule has 2 N–H and O–H groups in total. The van der Waals surface area contributed by atoms with Gasteiger partial charge in [0.2, 0.25) is 0 Å². The first-order valence-corrected chi connectivity index (χ1v) is 10.1. The van der Waals surface area contributed by atoms with E-state index in [4.69, 9.17) is 14.2 Å². The highest BCUT2D eigenvalue weighted by Gasteiger charge is 2.16. The second-order valence-electron chi connectivity index (χ2n) is 7.15. The number of methoxy groups -OCH3 is 1. The maximum absolute atomic E-state index is 10.3. The number of aromatic nitrogens is 1. The monoisotopic (exact) mass is 401 g/mol. The van der Waals surface area contributed by atoms with Crippen LogP contribution in [0, 0.1) is 0 Å². The SMILES string of the molecule is COc1cc(CNCCc2ccncc2)ccc1OC[C@@H](O)CN1CCOCC1. The second-order valence-corrected chi connectivity index (χ2v) is 7.15. The van der Waals surface area contributed by atoms with Gasteiger partial charge in [0.1, 0.15) is 12.7 Å². The Hall–Kier alpha value is -2.19. The van der Waals surface area contributed by atoms with Gasteiger partial charge in [-0.25, -0.2) is 0 Å². The smallest absolute Gasteiger partial charge is 0.161 e. The molecule has 0 amide bonds. The highest BCUT2D eigenvalue weighted by atomic mass is 16.5. The molecule has 158 valence electrons. The molecule has 1 saturated heterocycles. The van der Waals surface area contributed by atoms with Gasteiger partial charge in [0.15, 0.2) is 11.5 Å². The van der Waals surface area contributed by atoms with Crippen molar-refractivity contribution in [2.45, 2.75) is 19.1 Å². The van der Waals surface area contributed by atoms with Crippen LogP contribution in [-0.2, 0) is 17.7 Å². The van der Waals surface area contributed by atoms with Crippen LogP contribution in [-0.4, -0.2) is 74.2 Å². The zero-order chi connectivity index (χ0) is 20.3. The van der Waals surface area contributed by atoms with Crippen molar-refractivity contribution >= 4 is 0 Å². The summed E-state index contributed by atoms with van der Waals surface area (Å²) in [5.41, 5.74) is 2.39. The number of rotatable bonds is 11. The molecule has 0 unspecified atom stereocenters. The third kappa shape index (κ3) is 7.29. The molecular weight excluding hydrogens is 370 g/mol. The molecule has 1 aliphatic heterocycles. The summed E-state index contributed by atoms with van der Waals surface area (Å²) in [4.78, 5) is 6.22. The van der Waals surface area contributed by atoms with Gasteiger partial charge in [0.05, 0.1) is 20.3 Å². The van der Waals surface area contributed by atoms with Crippen molar-refractivity contribution in [3.8, 4) is 11.5 Å². The number of hydrogen-bond acceptors (Lipinski definition) is 7. The molecule has 0 spiro atoms. The lowest BCUT2D eigenvalue weighted by Crippen LogP contribution is -2.42. The van der Waals surface area contributed by atoms with E-state index in [1.807, 2.05) is 42.7 Å². The minimum Gasteiger partial charge on any atom is -0.493 e. The van der Waals surface area contributed by atoms with Gasteiger partial charge in [-0.1, -0.05) is 6.07 Å². The molecule has 1 fully saturated rings. The van der Waals surface area contributed by atoms with Crippen molar-refractivity contribution < 1.29 is 19.3 Å². The number of aliphatic hydroxyl groups excluding tert-OH is 1. The summed E-state index contributed by atoms with van der Waals surface area (Å²) >= 11 is 0. The Morgan fingerprint density at radius 2 is 1.93 bits per heavy atom. The first kappa shape index (κ1) is 21.5. The van der Waals surface area contributed by atoms with Crippen LogP contribution in [0.4, 0.5) is 0 Å². The Bertz CT molecular complexity index is 723. The topological polar surface area (TPSA) is 76.1 Å². The van der Waals surface area contributed by atoms with E-state index in [0.29, 0.717) is 18.0 Å². The van der Waals surface area contributed by atoms with Crippen molar-refractivity contribution in [2.75, 3.05) is 53.1 Å². The standard InChI is InChI=1S/C22H31N3O4/c1-27-22-14-19(15-24-9-6-18-4-7-23-8-5-18)2-3-21(22)29-17-20(26)16-25-10-12-28-13-11-25/h2-5,7-8,14,20,24,26H,6,9-13,15-17H2,1H3/t20-/m0/s1. The van der Waals surface area contributed by atoms with E-state index in [9.17, 15) is 5.11 Å². The van der Waals surface area contributed by atoms with Crippen molar-refractivity contribution in [3.63, 3.8) is 0 Å². The van der Waals surface area contributed by atoms with Crippen LogP contribution >= 0.6 is 0 Å². The first-order valence-electron chi connectivity index (χ1n) is 10.1. The molecular formula is C22H31N3O4. The quantitative estimate of drug-likeness (QED) is 0.553. The zero-order valence-electron chi connectivity index (χ0n) is 17.0. The number of β-amino-alcohol motifs (C(OH)–C–C–N with tert-alkyl or cyclic N) is 1. The van der Waals surface area contributed by atoms with Gasteiger partial charge in [-0.2, -0.15) is 0 Å². The summed E-state index contributed by atoms with van der Waals surface area (Å²) in [5, 5.41) is 13.7. The maximum atomic E-state index is 10.3. The lowest BCUT2D eigenvalue weighted by Gasteiger charge is -2.28. The fraction of sp³-hybridized carbons (Fsp3) is 0.500. The molecule has 1 atom stereocenters. The number of nitrogens with zero attached hydrogens (tertiary/aromatic N) is 2. The Labute approximate surface area is 172 Å². The number of ether oxygens (including phenoxy) is 3. The van der Waals surface area contributed by atoms with Gasteiger partial charge in [-0.3, -0.25) is 9.88 Å². The van der Waals surface area contributed by atoms with Gasteiger partial charge in [0.25, 0.3) is 0 Å². The van der Waals surface area contributed by atoms with Gasteiger partial charge in [0, 0.05) is 38.6 Å². The number of pyridine rings is 1. The Balaban J connectivity index is 1.42. The van der Waals surface area contributed by atoms with E-state index < -0.39 is 6.10 Å². The largest absolute Gasteiger partial charge is 0.493 e. The Morgan fingerprint density at radius 3 is 2.69 bits per heavy atom. The molecule has 7 heteroatoms. The molecule has 1 aromatic carbocycles. The molecule has 3 rings (SSSR count). The average Bonchev–Trinajstić information content (AvgIpc) is 2.77. The third-order valence-electron chi connectivity index (χ3n) is 4.90. The summed E-state index contributed by atoms with van der Waals surface area (Å²) in [6.45, 7) is 5.60. The van der Waals surface area contributed by atoms with Crippen LogP contribution in [0.3, 0.4) is 0 Å².